The highest BCUT2D eigenvalue weighted by Gasteiger charge is 2.19. The van der Waals surface area contributed by atoms with Crippen molar-refractivity contribution in [3.8, 4) is 11.5 Å². The van der Waals surface area contributed by atoms with Crippen molar-refractivity contribution in [2.75, 3.05) is 14.2 Å². The van der Waals surface area contributed by atoms with Gasteiger partial charge in [-0.15, -0.1) is 11.6 Å². The minimum atomic E-state index is -0.597. The van der Waals surface area contributed by atoms with Gasteiger partial charge in [0.1, 0.15) is 11.5 Å². The van der Waals surface area contributed by atoms with Crippen LogP contribution in [0.5, 0.6) is 11.5 Å². The van der Waals surface area contributed by atoms with E-state index < -0.39 is 5.38 Å². The van der Waals surface area contributed by atoms with Gasteiger partial charge in [0, 0.05) is 0 Å². The van der Waals surface area contributed by atoms with Crippen LogP contribution in [-0.2, 0) is 0 Å². The largest absolute Gasteiger partial charge is 0.496 e. The van der Waals surface area contributed by atoms with Crippen molar-refractivity contribution < 1.29 is 14.3 Å². The Kier molecular flexibility index (Phi) is 4.62. The van der Waals surface area contributed by atoms with E-state index >= 15 is 0 Å². The van der Waals surface area contributed by atoms with E-state index in [0.717, 1.165) is 4.47 Å². The lowest BCUT2D eigenvalue weighted by atomic mass is 10.1. The van der Waals surface area contributed by atoms with Crippen molar-refractivity contribution in [1.82, 2.24) is 0 Å². The van der Waals surface area contributed by atoms with Crippen molar-refractivity contribution in [2.24, 2.45) is 0 Å². The van der Waals surface area contributed by atoms with Crippen molar-refractivity contribution >= 4 is 33.3 Å². The van der Waals surface area contributed by atoms with Gasteiger partial charge in [-0.1, -0.05) is 0 Å². The number of benzene rings is 1. The molecule has 0 aliphatic heterocycles. The van der Waals surface area contributed by atoms with Crippen molar-refractivity contribution in [3.05, 3.63) is 22.2 Å². The zero-order chi connectivity index (χ0) is 12.3. The van der Waals surface area contributed by atoms with Gasteiger partial charge in [0.05, 0.1) is 29.6 Å². The van der Waals surface area contributed by atoms with Crippen LogP contribution in [0.25, 0.3) is 0 Å². The van der Waals surface area contributed by atoms with E-state index in [2.05, 4.69) is 15.9 Å². The second-order valence-corrected chi connectivity index (χ2v) is 4.68. The molecule has 0 aliphatic carbocycles. The monoisotopic (exact) mass is 306 g/mol. The molecule has 0 saturated carbocycles. The van der Waals surface area contributed by atoms with Gasteiger partial charge >= 0.3 is 0 Å². The van der Waals surface area contributed by atoms with E-state index in [9.17, 15) is 4.79 Å². The molecule has 0 bridgehead atoms. The van der Waals surface area contributed by atoms with Crippen LogP contribution in [0.15, 0.2) is 16.6 Å². The maximum absolute atomic E-state index is 11.8. The van der Waals surface area contributed by atoms with Gasteiger partial charge in [-0.2, -0.15) is 0 Å². The minimum absolute atomic E-state index is 0.190. The average Bonchev–Trinajstić information content (AvgIpc) is 2.27. The van der Waals surface area contributed by atoms with E-state index in [1.165, 1.54) is 14.2 Å². The Morgan fingerprint density at radius 3 is 2.31 bits per heavy atom. The van der Waals surface area contributed by atoms with Crippen molar-refractivity contribution in [1.29, 1.82) is 0 Å². The predicted molar refractivity (Wildman–Crippen MR) is 66.9 cm³/mol. The molecule has 88 valence electrons. The molecule has 0 radical (unpaired) electrons. The van der Waals surface area contributed by atoms with Crippen LogP contribution < -0.4 is 9.47 Å². The summed E-state index contributed by atoms with van der Waals surface area (Å²) in [4.78, 5) is 11.8. The predicted octanol–water partition coefficient (Wildman–Crippen LogP) is 3.28. The summed E-state index contributed by atoms with van der Waals surface area (Å²) in [5.74, 6) is 0.857. The number of carbonyl (C=O) groups is 1. The second kappa shape index (κ2) is 5.55. The summed E-state index contributed by atoms with van der Waals surface area (Å²) in [6.45, 7) is 1.62. The van der Waals surface area contributed by atoms with Crippen LogP contribution in [0.1, 0.15) is 17.3 Å². The third-order valence-electron chi connectivity index (χ3n) is 2.10. The summed E-state index contributed by atoms with van der Waals surface area (Å²) in [6.07, 6.45) is 0. The summed E-state index contributed by atoms with van der Waals surface area (Å²) in [7, 11) is 3.04. The van der Waals surface area contributed by atoms with E-state index in [-0.39, 0.29) is 5.78 Å². The Morgan fingerprint density at radius 2 is 1.88 bits per heavy atom. The summed E-state index contributed by atoms with van der Waals surface area (Å²) in [6, 6.07) is 3.30. The molecule has 0 fully saturated rings. The first-order valence-electron chi connectivity index (χ1n) is 4.61. The number of hydrogen-bond acceptors (Lipinski definition) is 3. The number of rotatable bonds is 4. The fourth-order valence-electron chi connectivity index (χ4n) is 1.27. The summed E-state index contributed by atoms with van der Waals surface area (Å²) in [5.41, 5.74) is 0.421. The van der Waals surface area contributed by atoms with E-state index in [0.29, 0.717) is 17.1 Å². The molecule has 1 rings (SSSR count). The van der Waals surface area contributed by atoms with Crippen LogP contribution in [0.4, 0.5) is 0 Å². The highest BCUT2D eigenvalue weighted by Crippen LogP contribution is 2.33. The first-order valence-corrected chi connectivity index (χ1v) is 5.84. The van der Waals surface area contributed by atoms with Crippen molar-refractivity contribution in [3.63, 3.8) is 0 Å². The normalized spacial score (nSPS) is 12.1. The molecule has 1 atom stereocenters. The molecule has 0 aliphatic rings. The smallest absolute Gasteiger partial charge is 0.184 e. The molecular formula is C11H12BrClO3. The number of ether oxygens (including phenoxy) is 2. The van der Waals surface area contributed by atoms with Gasteiger partial charge in [-0.25, -0.2) is 0 Å². The zero-order valence-corrected chi connectivity index (χ0v) is 11.6. The third kappa shape index (κ3) is 2.68. The lowest BCUT2D eigenvalue weighted by Gasteiger charge is -2.12. The summed E-state index contributed by atoms with van der Waals surface area (Å²) < 4.78 is 11.0. The first-order chi connectivity index (χ1) is 7.51. The molecule has 1 aromatic carbocycles. The van der Waals surface area contributed by atoms with Gasteiger partial charge in [0.15, 0.2) is 5.78 Å². The quantitative estimate of drug-likeness (QED) is 0.632. The highest BCUT2D eigenvalue weighted by atomic mass is 79.9. The lowest BCUT2D eigenvalue weighted by Crippen LogP contribution is -2.12. The molecule has 0 heterocycles. The number of hydrogen-bond donors (Lipinski definition) is 0. The summed E-state index contributed by atoms with van der Waals surface area (Å²) in [5, 5.41) is -0.597. The van der Waals surface area contributed by atoms with Gasteiger partial charge in [0.25, 0.3) is 0 Å². The molecule has 0 aromatic heterocycles. The fraction of sp³-hybridized carbons (Fsp3) is 0.364. The molecule has 1 aromatic rings. The third-order valence-corrected chi connectivity index (χ3v) is 2.92. The molecule has 0 amide bonds. The number of halogens is 2. The first kappa shape index (κ1) is 13.3. The number of alkyl halides is 1. The molecular weight excluding hydrogens is 295 g/mol. The van der Waals surface area contributed by atoms with E-state index in [1.807, 2.05) is 0 Å². The maximum atomic E-state index is 11.8. The van der Waals surface area contributed by atoms with E-state index in [4.69, 9.17) is 21.1 Å². The van der Waals surface area contributed by atoms with Crippen LogP contribution in [0, 0.1) is 0 Å². The minimum Gasteiger partial charge on any atom is -0.496 e. The number of methoxy groups -OCH3 is 2. The Morgan fingerprint density at radius 1 is 1.31 bits per heavy atom. The van der Waals surface area contributed by atoms with Crippen LogP contribution >= 0.6 is 27.5 Å². The number of Topliss-reactive ketones (excluding diaryl/α,β-unsaturated/α-hetero) is 1. The van der Waals surface area contributed by atoms with Crippen LogP contribution in [-0.4, -0.2) is 25.4 Å². The summed E-state index contributed by atoms with van der Waals surface area (Å²) >= 11 is 9.09. The molecule has 1 unspecified atom stereocenters. The lowest BCUT2D eigenvalue weighted by molar-refractivity contribution is 0.0988. The zero-order valence-electron chi connectivity index (χ0n) is 9.21. The fourth-order valence-corrected chi connectivity index (χ4v) is 1.87. The molecule has 0 saturated heterocycles. The van der Waals surface area contributed by atoms with Crippen LogP contribution in [0.2, 0.25) is 0 Å². The standard InChI is InChI=1S/C11H12BrClO3/c1-6(13)11(14)7-4-10(16-3)8(12)5-9(7)15-2/h4-6H,1-3H3. The number of ketones is 1. The molecule has 3 nitrogen and oxygen atoms in total. The molecule has 16 heavy (non-hydrogen) atoms. The van der Waals surface area contributed by atoms with Gasteiger partial charge in [-0.05, 0) is 35.0 Å². The Balaban J connectivity index is 3.30. The molecule has 5 heteroatoms. The molecule has 0 spiro atoms. The van der Waals surface area contributed by atoms with Gasteiger partial charge in [0.2, 0.25) is 0 Å². The van der Waals surface area contributed by atoms with Crippen molar-refractivity contribution in [2.45, 2.75) is 12.3 Å². The molecule has 0 N–H and O–H groups in total. The number of carbonyl (C=O) groups excluding carboxylic acids is 1. The van der Waals surface area contributed by atoms with Crippen LogP contribution in [0.3, 0.4) is 0 Å². The second-order valence-electron chi connectivity index (χ2n) is 3.17. The SMILES string of the molecule is COc1cc(C(=O)C(C)Cl)c(OC)cc1Br. The Hall–Kier alpha value is -0.740. The van der Waals surface area contributed by atoms with Gasteiger partial charge in [-0.3, -0.25) is 4.79 Å². The average molecular weight is 308 g/mol. The Labute approximate surface area is 108 Å². The maximum Gasteiger partial charge on any atom is 0.184 e. The topological polar surface area (TPSA) is 35.5 Å². The highest BCUT2D eigenvalue weighted by molar-refractivity contribution is 9.10. The Bertz CT molecular complexity index is 404. The van der Waals surface area contributed by atoms with E-state index in [1.54, 1.807) is 19.1 Å². The van der Waals surface area contributed by atoms with Gasteiger partial charge < -0.3 is 9.47 Å².